The Kier molecular flexibility index (Phi) is 8.86. The minimum absolute atomic E-state index is 0.255. The van der Waals surface area contributed by atoms with Gasteiger partial charge >= 0.3 is 0 Å². The number of halogens is 1. The van der Waals surface area contributed by atoms with Crippen molar-refractivity contribution in [2.45, 2.75) is 40.5 Å². The number of hydrogen-bond acceptors (Lipinski definition) is 3. The molecule has 0 aliphatic carbocycles. The number of aliphatic imine (C=N–C) groups is 1. The largest absolute Gasteiger partial charge is 0.486 e. The van der Waals surface area contributed by atoms with E-state index in [0.717, 1.165) is 35.2 Å². The van der Waals surface area contributed by atoms with Gasteiger partial charge in [-0.05, 0) is 31.6 Å². The van der Waals surface area contributed by atoms with Crippen LogP contribution in [0.5, 0.6) is 5.75 Å². The molecule has 0 fully saturated rings. The first-order valence-corrected chi connectivity index (χ1v) is 8.96. The average Bonchev–Trinajstić information content (AvgIpc) is 2.94. The van der Waals surface area contributed by atoms with E-state index in [1.165, 1.54) is 6.20 Å². The Morgan fingerprint density at radius 2 is 2.08 bits per heavy atom. The molecule has 25 heavy (non-hydrogen) atoms. The minimum atomic E-state index is 0.255. The highest BCUT2D eigenvalue weighted by Gasteiger charge is 2.07. The highest BCUT2D eigenvalue weighted by Crippen LogP contribution is 2.30. The molecule has 0 spiro atoms. The van der Waals surface area contributed by atoms with E-state index in [9.17, 15) is 0 Å². The smallest absolute Gasteiger partial charge is 0.140 e. The maximum Gasteiger partial charge on any atom is 0.140 e. The van der Waals surface area contributed by atoms with E-state index < -0.39 is 0 Å². The van der Waals surface area contributed by atoms with Gasteiger partial charge in [-0.15, -0.1) is 0 Å². The maximum absolute atomic E-state index is 6.26. The number of allylic oxidation sites excluding steroid dienone is 1. The molecule has 0 saturated heterocycles. The van der Waals surface area contributed by atoms with Crippen LogP contribution in [0.2, 0.25) is 5.02 Å². The van der Waals surface area contributed by atoms with Gasteiger partial charge in [-0.1, -0.05) is 45.4 Å². The third kappa shape index (κ3) is 6.31. The first-order chi connectivity index (χ1) is 12.0. The van der Waals surface area contributed by atoms with E-state index in [0.29, 0.717) is 16.5 Å². The van der Waals surface area contributed by atoms with Crippen LogP contribution in [-0.4, -0.2) is 17.3 Å². The Hall–Kier alpha value is -2.20. The van der Waals surface area contributed by atoms with Crippen molar-refractivity contribution in [1.29, 1.82) is 0 Å². The van der Waals surface area contributed by atoms with Gasteiger partial charge in [-0.25, -0.2) is 0 Å². The van der Waals surface area contributed by atoms with Crippen molar-refractivity contribution in [3.05, 3.63) is 53.5 Å². The molecular weight excluding hydrogens is 334 g/mol. The lowest BCUT2D eigenvalue weighted by molar-refractivity contribution is 0.351. The third-order valence-corrected chi connectivity index (χ3v) is 3.61. The number of aromatic nitrogens is 1. The number of nitrogens with one attached hydrogen (secondary N) is 1. The molecule has 0 aliphatic heterocycles. The summed E-state index contributed by atoms with van der Waals surface area (Å²) in [7, 11) is 0. The highest BCUT2D eigenvalue weighted by molar-refractivity contribution is 6.32. The number of hydrogen-bond donors (Lipinski definition) is 2. The van der Waals surface area contributed by atoms with E-state index in [-0.39, 0.29) is 6.61 Å². The Balaban J connectivity index is 0.00000151. The summed E-state index contributed by atoms with van der Waals surface area (Å²) in [4.78, 5) is 7.47. The predicted octanol–water partition coefficient (Wildman–Crippen LogP) is 5.76. The van der Waals surface area contributed by atoms with Crippen molar-refractivity contribution in [3.63, 3.8) is 0 Å². The number of aromatic amines is 1. The Morgan fingerprint density at radius 1 is 1.36 bits per heavy atom. The molecule has 2 rings (SSSR count). The zero-order chi connectivity index (χ0) is 18.8. The lowest BCUT2D eigenvalue weighted by atomic mass is 10.2. The lowest BCUT2D eigenvalue weighted by Gasteiger charge is -2.09. The fourth-order valence-corrected chi connectivity index (χ4v) is 2.58. The highest BCUT2D eigenvalue weighted by atomic mass is 35.5. The van der Waals surface area contributed by atoms with Crippen molar-refractivity contribution in [2.24, 2.45) is 10.7 Å². The molecule has 2 aromatic rings. The van der Waals surface area contributed by atoms with Crippen molar-refractivity contribution >= 4 is 28.2 Å². The molecule has 0 aliphatic rings. The molecule has 4 nitrogen and oxygen atoms in total. The van der Waals surface area contributed by atoms with Gasteiger partial charge < -0.3 is 15.5 Å². The summed E-state index contributed by atoms with van der Waals surface area (Å²) in [5.41, 5.74) is 9.58. The van der Waals surface area contributed by atoms with Gasteiger partial charge in [0.1, 0.15) is 12.4 Å². The first kappa shape index (κ1) is 20.8. The summed E-state index contributed by atoms with van der Waals surface area (Å²) in [5.74, 6) is 0.607. The number of nitrogens with two attached hydrogens (primary N) is 1. The van der Waals surface area contributed by atoms with E-state index >= 15 is 0 Å². The summed E-state index contributed by atoms with van der Waals surface area (Å²) in [6.45, 7) is 12.0. The number of fused-ring (bicyclic) bond motifs is 1. The molecule has 0 atom stereocenters. The number of nitrogens with zero attached hydrogens (tertiary/aromatic N) is 1. The van der Waals surface area contributed by atoms with Gasteiger partial charge in [0.25, 0.3) is 0 Å². The number of ether oxygens (including phenoxy) is 1. The van der Waals surface area contributed by atoms with E-state index in [1.54, 1.807) is 0 Å². The summed E-state index contributed by atoms with van der Waals surface area (Å²) in [6, 6.07) is 5.82. The molecule has 0 bridgehead atoms. The predicted molar refractivity (Wildman–Crippen MR) is 110 cm³/mol. The van der Waals surface area contributed by atoms with Crippen LogP contribution in [0.15, 0.2) is 47.7 Å². The van der Waals surface area contributed by atoms with E-state index in [2.05, 4.69) is 23.5 Å². The molecule has 0 radical (unpaired) electrons. The summed E-state index contributed by atoms with van der Waals surface area (Å²) in [5, 5.41) is 1.63. The standard InChI is InChI=1S/C18H22ClN3O.C2H6/c1-4-6-15(21-5-2)9-14(20)11-23-18-10-17-13(8-16(18)19)7-12(3)22-17;1-2/h5,7-10,22H,2,4,6,11,20H2,1,3H3;1-2H3/b14-9-,21-15?;. The average molecular weight is 362 g/mol. The summed E-state index contributed by atoms with van der Waals surface area (Å²) < 4.78 is 5.75. The third-order valence-electron chi connectivity index (χ3n) is 3.32. The van der Waals surface area contributed by atoms with Crippen molar-refractivity contribution in [2.75, 3.05) is 6.61 Å². The number of aryl methyl sites for hydroxylation is 1. The van der Waals surface area contributed by atoms with Crippen LogP contribution in [0.4, 0.5) is 0 Å². The summed E-state index contributed by atoms with van der Waals surface area (Å²) >= 11 is 6.26. The first-order valence-electron chi connectivity index (χ1n) is 8.58. The van der Waals surface area contributed by atoms with Gasteiger partial charge in [-0.3, -0.25) is 4.99 Å². The zero-order valence-electron chi connectivity index (χ0n) is 15.5. The minimum Gasteiger partial charge on any atom is -0.486 e. The maximum atomic E-state index is 6.26. The lowest BCUT2D eigenvalue weighted by Crippen LogP contribution is -2.11. The second-order valence-electron chi connectivity index (χ2n) is 5.38. The van der Waals surface area contributed by atoms with Crippen molar-refractivity contribution in [1.82, 2.24) is 4.98 Å². The van der Waals surface area contributed by atoms with Crippen LogP contribution in [-0.2, 0) is 0 Å². The molecular formula is C20H28ClN3O. The quantitative estimate of drug-likeness (QED) is 0.615. The van der Waals surface area contributed by atoms with Crippen LogP contribution >= 0.6 is 11.6 Å². The Morgan fingerprint density at radius 3 is 2.72 bits per heavy atom. The molecule has 0 unspecified atom stereocenters. The van der Waals surface area contributed by atoms with Gasteiger partial charge in [0, 0.05) is 40.3 Å². The van der Waals surface area contributed by atoms with Gasteiger partial charge in [0.2, 0.25) is 0 Å². The van der Waals surface area contributed by atoms with Crippen LogP contribution in [0.3, 0.4) is 0 Å². The molecule has 1 aromatic heterocycles. The summed E-state index contributed by atoms with van der Waals surface area (Å²) in [6.07, 6.45) is 5.19. The monoisotopic (exact) mass is 361 g/mol. The Labute approximate surface area is 155 Å². The fourth-order valence-electron chi connectivity index (χ4n) is 2.35. The molecule has 3 N–H and O–H groups in total. The molecule has 1 aromatic carbocycles. The van der Waals surface area contributed by atoms with Crippen LogP contribution in [0.25, 0.3) is 10.9 Å². The second-order valence-corrected chi connectivity index (χ2v) is 5.79. The van der Waals surface area contributed by atoms with Crippen molar-refractivity contribution < 1.29 is 4.74 Å². The number of rotatable bonds is 7. The SMILES string of the molecule is C=CN=C(/C=C(\N)COc1cc2[nH]c(C)cc2cc1Cl)CCC.CC. The van der Waals surface area contributed by atoms with Gasteiger partial charge in [-0.2, -0.15) is 0 Å². The van der Waals surface area contributed by atoms with Gasteiger partial charge in [0.15, 0.2) is 0 Å². The molecule has 0 saturated carbocycles. The zero-order valence-corrected chi connectivity index (χ0v) is 16.3. The Bertz CT molecular complexity index is 760. The van der Waals surface area contributed by atoms with Gasteiger partial charge in [0.05, 0.1) is 5.02 Å². The van der Waals surface area contributed by atoms with E-state index in [1.807, 2.05) is 45.0 Å². The molecule has 1 heterocycles. The van der Waals surface area contributed by atoms with Crippen LogP contribution < -0.4 is 10.5 Å². The van der Waals surface area contributed by atoms with Crippen molar-refractivity contribution in [3.8, 4) is 5.75 Å². The number of H-pyrrole nitrogens is 1. The van der Waals surface area contributed by atoms with Crippen LogP contribution in [0.1, 0.15) is 39.3 Å². The molecule has 5 heteroatoms. The second kappa shape index (κ2) is 10.6. The topological polar surface area (TPSA) is 63.4 Å². The molecule has 0 amide bonds. The number of benzene rings is 1. The van der Waals surface area contributed by atoms with Crippen LogP contribution in [0, 0.1) is 6.92 Å². The fraction of sp³-hybridized carbons (Fsp3) is 0.350. The van der Waals surface area contributed by atoms with E-state index in [4.69, 9.17) is 22.1 Å². The normalized spacial score (nSPS) is 11.9. The molecule has 136 valence electrons.